The van der Waals surface area contributed by atoms with E-state index in [0.717, 1.165) is 5.56 Å². The molecule has 0 aliphatic rings. The van der Waals surface area contributed by atoms with Crippen LogP contribution in [0.3, 0.4) is 0 Å². The molecule has 0 atom stereocenters. The third kappa shape index (κ3) is 4.98. The normalized spacial score (nSPS) is 10.8. The summed E-state index contributed by atoms with van der Waals surface area (Å²) in [5.41, 5.74) is 2.12. The lowest BCUT2D eigenvalue weighted by atomic mass is 10.2. The summed E-state index contributed by atoms with van der Waals surface area (Å²) in [6.45, 7) is 0.980. The van der Waals surface area contributed by atoms with Crippen LogP contribution < -0.4 is 4.74 Å². The maximum Gasteiger partial charge on any atom is 0.338 e. The molecule has 0 saturated heterocycles. The number of nitrogens with zero attached hydrogens (tertiary/aromatic N) is 4. The Balaban J connectivity index is 1.28. The molecule has 0 N–H and O–H groups in total. The van der Waals surface area contributed by atoms with Crippen LogP contribution in [0.1, 0.15) is 21.7 Å². The van der Waals surface area contributed by atoms with Gasteiger partial charge in [0.15, 0.2) is 11.6 Å². The highest BCUT2D eigenvalue weighted by Gasteiger charge is 2.11. The summed E-state index contributed by atoms with van der Waals surface area (Å²) in [6.07, 6.45) is 3.17. The summed E-state index contributed by atoms with van der Waals surface area (Å²) in [5, 5.41) is 4.34. The van der Waals surface area contributed by atoms with Crippen molar-refractivity contribution in [2.45, 2.75) is 13.2 Å². The third-order valence-electron chi connectivity index (χ3n) is 4.20. The highest BCUT2D eigenvalue weighted by Crippen LogP contribution is 2.18. The van der Waals surface area contributed by atoms with Crippen molar-refractivity contribution in [1.29, 1.82) is 0 Å². The summed E-state index contributed by atoms with van der Waals surface area (Å²) in [4.78, 5) is 20.5. The van der Waals surface area contributed by atoms with Crippen LogP contribution in [-0.2, 0) is 22.7 Å². The van der Waals surface area contributed by atoms with Gasteiger partial charge >= 0.3 is 5.97 Å². The molecule has 0 fully saturated rings. The smallest absolute Gasteiger partial charge is 0.338 e. The summed E-state index contributed by atoms with van der Waals surface area (Å²) in [7, 11) is 0. The number of esters is 1. The Labute approximate surface area is 173 Å². The fourth-order valence-corrected chi connectivity index (χ4v) is 2.75. The number of rotatable bonds is 9. The molecule has 0 aliphatic carbocycles. The van der Waals surface area contributed by atoms with Gasteiger partial charge in [0.25, 0.3) is 0 Å². The first-order valence-corrected chi connectivity index (χ1v) is 9.45. The molecule has 0 unspecified atom stereocenters. The number of carbonyl (C=O) groups is 1. The van der Waals surface area contributed by atoms with Crippen molar-refractivity contribution < 1.29 is 19.0 Å². The molecule has 0 bridgehead atoms. The van der Waals surface area contributed by atoms with Crippen molar-refractivity contribution in [2.24, 2.45) is 0 Å². The van der Waals surface area contributed by atoms with Gasteiger partial charge in [-0.3, -0.25) is 0 Å². The molecular formula is C22H20N4O4. The standard InChI is InChI=1S/C22H20N4O4/c27-22(18-9-5-2-6-10-18)29-12-11-28-15-20-24-21-19(13-23-16-26(21)25-20)30-14-17-7-3-1-4-8-17/h1-10,13,16H,11-12,14-15H2. The fraction of sp³-hybridized carbons (Fsp3) is 0.182. The third-order valence-corrected chi connectivity index (χ3v) is 4.20. The first-order chi connectivity index (χ1) is 14.8. The van der Waals surface area contributed by atoms with Crippen LogP contribution in [0.15, 0.2) is 73.2 Å². The minimum atomic E-state index is -0.378. The number of aromatic nitrogens is 4. The van der Waals surface area contributed by atoms with E-state index in [0.29, 0.717) is 29.4 Å². The van der Waals surface area contributed by atoms with Crippen LogP contribution in [-0.4, -0.2) is 38.8 Å². The van der Waals surface area contributed by atoms with Gasteiger partial charge in [0.1, 0.15) is 26.1 Å². The minimum absolute atomic E-state index is 0.147. The van der Waals surface area contributed by atoms with Gasteiger partial charge in [0, 0.05) is 0 Å². The Morgan fingerprint density at radius 3 is 2.50 bits per heavy atom. The topological polar surface area (TPSA) is 87.8 Å². The summed E-state index contributed by atoms with van der Waals surface area (Å²) < 4.78 is 18.1. The number of benzene rings is 2. The van der Waals surface area contributed by atoms with Crippen molar-refractivity contribution in [3.8, 4) is 5.75 Å². The van der Waals surface area contributed by atoms with Gasteiger partial charge in [-0.1, -0.05) is 48.5 Å². The monoisotopic (exact) mass is 404 g/mol. The zero-order valence-electron chi connectivity index (χ0n) is 16.2. The lowest BCUT2D eigenvalue weighted by Gasteiger charge is -2.05. The Morgan fingerprint density at radius 1 is 0.933 bits per heavy atom. The van der Waals surface area contributed by atoms with Gasteiger partial charge in [0.05, 0.1) is 18.4 Å². The van der Waals surface area contributed by atoms with Gasteiger partial charge in [0.2, 0.25) is 5.65 Å². The molecule has 0 amide bonds. The largest absolute Gasteiger partial charge is 0.483 e. The van der Waals surface area contributed by atoms with E-state index in [9.17, 15) is 4.79 Å². The van der Waals surface area contributed by atoms with Crippen LogP contribution in [0, 0.1) is 0 Å². The Kier molecular flexibility index (Phi) is 6.26. The molecule has 0 aliphatic heterocycles. The lowest BCUT2D eigenvalue weighted by molar-refractivity contribution is 0.0279. The second kappa shape index (κ2) is 9.62. The summed E-state index contributed by atoms with van der Waals surface area (Å²) in [6, 6.07) is 18.7. The van der Waals surface area contributed by atoms with Crippen LogP contribution in [0.5, 0.6) is 5.75 Å². The highest BCUT2D eigenvalue weighted by atomic mass is 16.6. The van der Waals surface area contributed by atoms with Crippen molar-refractivity contribution in [2.75, 3.05) is 13.2 Å². The molecular weight excluding hydrogens is 384 g/mol. The van der Waals surface area contributed by atoms with Crippen molar-refractivity contribution in [1.82, 2.24) is 19.6 Å². The summed E-state index contributed by atoms with van der Waals surface area (Å²) in [5.74, 6) is 0.648. The maximum atomic E-state index is 11.9. The van der Waals surface area contributed by atoms with Crippen molar-refractivity contribution >= 4 is 11.6 Å². The number of fused-ring (bicyclic) bond motifs is 1. The lowest BCUT2D eigenvalue weighted by Crippen LogP contribution is -2.11. The van der Waals surface area contributed by atoms with E-state index in [1.165, 1.54) is 0 Å². The van der Waals surface area contributed by atoms with E-state index in [2.05, 4.69) is 15.1 Å². The second-order valence-corrected chi connectivity index (χ2v) is 6.38. The summed E-state index contributed by atoms with van der Waals surface area (Å²) >= 11 is 0. The highest BCUT2D eigenvalue weighted by molar-refractivity contribution is 5.89. The Morgan fingerprint density at radius 2 is 1.70 bits per heavy atom. The van der Waals surface area contributed by atoms with E-state index < -0.39 is 0 Å². The van der Waals surface area contributed by atoms with Gasteiger partial charge in [-0.2, -0.15) is 4.52 Å². The Hall–Kier alpha value is -3.78. The zero-order valence-corrected chi connectivity index (χ0v) is 16.2. The molecule has 152 valence electrons. The van der Waals surface area contributed by atoms with Crippen LogP contribution >= 0.6 is 0 Å². The first kappa shape index (κ1) is 19.5. The molecule has 0 spiro atoms. The van der Waals surface area contributed by atoms with Crippen LogP contribution in [0.2, 0.25) is 0 Å². The molecule has 8 nitrogen and oxygen atoms in total. The second-order valence-electron chi connectivity index (χ2n) is 6.38. The SMILES string of the molecule is O=C(OCCOCc1nc2c(OCc3ccccc3)cncn2n1)c1ccccc1. The zero-order chi connectivity index (χ0) is 20.6. The van der Waals surface area contributed by atoms with E-state index in [1.54, 1.807) is 41.3 Å². The molecule has 30 heavy (non-hydrogen) atoms. The van der Waals surface area contributed by atoms with E-state index in [4.69, 9.17) is 14.2 Å². The van der Waals surface area contributed by atoms with Gasteiger partial charge in [-0.15, -0.1) is 5.10 Å². The number of hydrogen-bond donors (Lipinski definition) is 0. The molecule has 8 heteroatoms. The number of carbonyl (C=O) groups excluding carboxylic acids is 1. The molecule has 0 radical (unpaired) electrons. The van der Waals surface area contributed by atoms with Crippen molar-refractivity contribution in [3.05, 3.63) is 90.1 Å². The molecule has 2 aromatic heterocycles. The van der Waals surface area contributed by atoms with Gasteiger partial charge in [-0.25, -0.2) is 14.8 Å². The van der Waals surface area contributed by atoms with E-state index >= 15 is 0 Å². The van der Waals surface area contributed by atoms with Crippen LogP contribution in [0.25, 0.3) is 5.65 Å². The maximum absolute atomic E-state index is 11.9. The molecule has 4 aromatic rings. The number of ether oxygens (including phenoxy) is 3. The molecule has 4 rings (SSSR count). The van der Waals surface area contributed by atoms with Gasteiger partial charge < -0.3 is 14.2 Å². The fourth-order valence-electron chi connectivity index (χ4n) is 2.75. The van der Waals surface area contributed by atoms with Crippen LogP contribution in [0.4, 0.5) is 0 Å². The quantitative estimate of drug-likeness (QED) is 0.313. The molecule has 0 saturated carbocycles. The predicted molar refractivity (Wildman–Crippen MR) is 108 cm³/mol. The average Bonchev–Trinajstić information content (AvgIpc) is 3.22. The van der Waals surface area contributed by atoms with Gasteiger partial charge in [-0.05, 0) is 17.7 Å². The minimum Gasteiger partial charge on any atom is -0.483 e. The first-order valence-electron chi connectivity index (χ1n) is 9.45. The van der Waals surface area contributed by atoms with E-state index in [1.807, 2.05) is 36.4 Å². The molecule has 2 heterocycles. The van der Waals surface area contributed by atoms with E-state index in [-0.39, 0.29) is 25.8 Å². The number of hydrogen-bond acceptors (Lipinski definition) is 7. The van der Waals surface area contributed by atoms with Crippen molar-refractivity contribution in [3.63, 3.8) is 0 Å². The predicted octanol–water partition coefficient (Wildman–Crippen LogP) is 3.08. The average molecular weight is 404 g/mol. The Bertz CT molecular complexity index is 1100. The molecule has 2 aromatic carbocycles.